The summed E-state index contributed by atoms with van der Waals surface area (Å²) < 4.78 is 1.89. The summed E-state index contributed by atoms with van der Waals surface area (Å²) in [5.41, 5.74) is 3.86. The molecule has 0 N–H and O–H groups in total. The molecule has 1 atom stereocenters. The van der Waals surface area contributed by atoms with Crippen molar-refractivity contribution in [2.24, 2.45) is 0 Å². The predicted octanol–water partition coefficient (Wildman–Crippen LogP) is 4.38. The number of aromatic nitrogens is 3. The number of rotatable bonds is 4. The molecule has 4 rings (SSSR count). The van der Waals surface area contributed by atoms with E-state index in [1.165, 1.54) is 11.1 Å². The van der Waals surface area contributed by atoms with Crippen molar-refractivity contribution in [2.75, 3.05) is 6.54 Å². The molecule has 128 valence electrons. The highest BCUT2D eigenvalue weighted by Crippen LogP contribution is 2.33. The van der Waals surface area contributed by atoms with Crippen LogP contribution in [0.2, 0.25) is 10.0 Å². The second-order valence-electron chi connectivity index (χ2n) is 6.29. The first-order valence-electron chi connectivity index (χ1n) is 8.29. The minimum Gasteiger partial charge on any atom is -0.290 e. The van der Waals surface area contributed by atoms with Crippen LogP contribution in [0.5, 0.6) is 0 Å². The van der Waals surface area contributed by atoms with Crippen molar-refractivity contribution in [3.05, 3.63) is 81.9 Å². The maximum absolute atomic E-state index is 6.40. The van der Waals surface area contributed by atoms with E-state index in [1.807, 2.05) is 22.9 Å². The lowest BCUT2D eigenvalue weighted by molar-refractivity contribution is 0.154. The van der Waals surface area contributed by atoms with Gasteiger partial charge in [0.05, 0.1) is 12.6 Å². The topological polar surface area (TPSA) is 34.0 Å². The van der Waals surface area contributed by atoms with Crippen LogP contribution >= 0.6 is 23.2 Å². The Bertz CT molecular complexity index is 864. The summed E-state index contributed by atoms with van der Waals surface area (Å²) >= 11 is 12.4. The van der Waals surface area contributed by atoms with Crippen molar-refractivity contribution in [1.82, 2.24) is 19.7 Å². The van der Waals surface area contributed by atoms with E-state index in [0.29, 0.717) is 10.0 Å². The van der Waals surface area contributed by atoms with E-state index in [4.69, 9.17) is 23.2 Å². The van der Waals surface area contributed by atoms with Gasteiger partial charge in [0.1, 0.15) is 12.7 Å². The summed E-state index contributed by atoms with van der Waals surface area (Å²) in [4.78, 5) is 6.53. The van der Waals surface area contributed by atoms with E-state index in [1.54, 1.807) is 12.7 Å². The molecule has 6 heteroatoms. The van der Waals surface area contributed by atoms with Crippen LogP contribution in [0.1, 0.15) is 22.7 Å². The van der Waals surface area contributed by atoms with Crippen LogP contribution in [0.3, 0.4) is 0 Å². The van der Waals surface area contributed by atoms with Crippen molar-refractivity contribution in [3.8, 4) is 0 Å². The lowest BCUT2D eigenvalue weighted by Crippen LogP contribution is -2.37. The van der Waals surface area contributed by atoms with Crippen LogP contribution in [0.15, 0.2) is 55.1 Å². The van der Waals surface area contributed by atoms with Crippen LogP contribution in [0, 0.1) is 0 Å². The molecule has 0 saturated carbocycles. The average Bonchev–Trinajstić information content (AvgIpc) is 3.12. The van der Waals surface area contributed by atoms with Gasteiger partial charge in [0.15, 0.2) is 0 Å². The second kappa shape index (κ2) is 7.16. The number of nitrogens with zero attached hydrogens (tertiary/aromatic N) is 4. The van der Waals surface area contributed by atoms with Gasteiger partial charge in [0.25, 0.3) is 0 Å². The first kappa shape index (κ1) is 16.6. The maximum Gasteiger partial charge on any atom is 0.137 e. The van der Waals surface area contributed by atoms with Crippen molar-refractivity contribution in [2.45, 2.75) is 25.6 Å². The summed E-state index contributed by atoms with van der Waals surface area (Å²) in [5.74, 6) is 0. The molecular weight excluding hydrogens is 355 g/mol. The molecule has 1 unspecified atom stereocenters. The largest absolute Gasteiger partial charge is 0.290 e. The van der Waals surface area contributed by atoms with Gasteiger partial charge in [0, 0.05) is 23.1 Å². The Labute approximate surface area is 157 Å². The minimum absolute atomic E-state index is 0.235. The van der Waals surface area contributed by atoms with Crippen LogP contribution in [0.25, 0.3) is 0 Å². The third-order valence-corrected chi connectivity index (χ3v) is 5.33. The Balaban J connectivity index is 1.65. The summed E-state index contributed by atoms with van der Waals surface area (Å²) in [6.45, 7) is 2.53. The number of hydrogen-bond acceptors (Lipinski definition) is 3. The quantitative estimate of drug-likeness (QED) is 0.681. The lowest BCUT2D eigenvalue weighted by Gasteiger charge is -2.37. The Morgan fingerprint density at radius 3 is 2.80 bits per heavy atom. The molecule has 2 heterocycles. The Morgan fingerprint density at radius 2 is 2.00 bits per heavy atom. The fourth-order valence-electron chi connectivity index (χ4n) is 3.48. The van der Waals surface area contributed by atoms with E-state index < -0.39 is 0 Å². The van der Waals surface area contributed by atoms with Crippen LogP contribution < -0.4 is 0 Å². The van der Waals surface area contributed by atoms with Gasteiger partial charge in [-0.05, 0) is 35.2 Å². The van der Waals surface area contributed by atoms with Gasteiger partial charge < -0.3 is 0 Å². The fourth-order valence-corrected chi connectivity index (χ4v) is 3.95. The molecule has 0 aliphatic carbocycles. The summed E-state index contributed by atoms with van der Waals surface area (Å²) in [5, 5.41) is 5.67. The molecule has 25 heavy (non-hydrogen) atoms. The van der Waals surface area contributed by atoms with Crippen molar-refractivity contribution < 1.29 is 0 Å². The van der Waals surface area contributed by atoms with Gasteiger partial charge >= 0.3 is 0 Å². The molecule has 0 radical (unpaired) electrons. The fraction of sp³-hybridized carbons (Fsp3) is 0.263. The molecule has 1 aliphatic heterocycles. The molecule has 0 saturated heterocycles. The van der Waals surface area contributed by atoms with E-state index in [2.05, 4.69) is 39.2 Å². The monoisotopic (exact) mass is 372 g/mol. The Morgan fingerprint density at radius 1 is 1.12 bits per heavy atom. The van der Waals surface area contributed by atoms with Gasteiger partial charge in [-0.1, -0.05) is 53.5 Å². The average molecular weight is 373 g/mol. The smallest absolute Gasteiger partial charge is 0.137 e. The Hall–Kier alpha value is -1.88. The van der Waals surface area contributed by atoms with Crippen LogP contribution in [-0.2, 0) is 19.5 Å². The van der Waals surface area contributed by atoms with Crippen molar-refractivity contribution in [3.63, 3.8) is 0 Å². The minimum atomic E-state index is 0.235. The molecule has 0 bridgehead atoms. The van der Waals surface area contributed by atoms with E-state index in [-0.39, 0.29) is 6.04 Å². The van der Waals surface area contributed by atoms with E-state index in [9.17, 15) is 0 Å². The first-order chi connectivity index (χ1) is 12.2. The molecule has 0 amide bonds. The number of halogens is 2. The molecule has 2 aromatic carbocycles. The molecule has 1 aromatic heterocycles. The summed E-state index contributed by atoms with van der Waals surface area (Å²) in [6.07, 6.45) is 4.38. The van der Waals surface area contributed by atoms with Gasteiger partial charge in [-0.25, -0.2) is 4.98 Å². The van der Waals surface area contributed by atoms with Crippen LogP contribution in [0.4, 0.5) is 0 Å². The molecule has 0 spiro atoms. The maximum atomic E-state index is 6.40. The highest BCUT2D eigenvalue weighted by atomic mass is 35.5. The van der Waals surface area contributed by atoms with E-state index >= 15 is 0 Å². The molecule has 1 aliphatic rings. The number of hydrogen-bond donors (Lipinski definition) is 0. The highest BCUT2D eigenvalue weighted by molar-refractivity contribution is 6.35. The number of benzene rings is 2. The SMILES string of the molecule is Clc1ccc(CN2CCc3ccccc3C2Cn2cncn2)c(Cl)c1. The zero-order valence-corrected chi connectivity index (χ0v) is 15.2. The lowest BCUT2D eigenvalue weighted by atomic mass is 9.92. The number of fused-ring (bicyclic) bond motifs is 1. The second-order valence-corrected chi connectivity index (χ2v) is 7.13. The molecule has 3 aromatic rings. The standard InChI is InChI=1S/C19H18Cl2N4/c20-16-6-5-15(18(21)9-16)10-24-8-7-14-3-1-2-4-17(14)19(24)11-25-13-22-12-23-25/h1-6,9,12-13,19H,7-8,10-11H2. The Kier molecular flexibility index (Phi) is 4.75. The van der Waals surface area contributed by atoms with Gasteiger partial charge in [0.2, 0.25) is 0 Å². The third-order valence-electron chi connectivity index (χ3n) is 4.74. The van der Waals surface area contributed by atoms with Gasteiger partial charge in [-0.3, -0.25) is 9.58 Å². The third kappa shape index (κ3) is 3.56. The molecule has 4 nitrogen and oxygen atoms in total. The zero-order chi connectivity index (χ0) is 17.2. The van der Waals surface area contributed by atoms with Gasteiger partial charge in [-0.15, -0.1) is 0 Å². The zero-order valence-electron chi connectivity index (χ0n) is 13.6. The summed E-state index contributed by atoms with van der Waals surface area (Å²) in [6, 6.07) is 14.6. The van der Waals surface area contributed by atoms with E-state index in [0.717, 1.165) is 31.6 Å². The first-order valence-corrected chi connectivity index (χ1v) is 9.04. The highest BCUT2D eigenvalue weighted by Gasteiger charge is 2.28. The molecule has 0 fully saturated rings. The van der Waals surface area contributed by atoms with Crippen molar-refractivity contribution in [1.29, 1.82) is 0 Å². The predicted molar refractivity (Wildman–Crippen MR) is 99.8 cm³/mol. The molecular formula is C19H18Cl2N4. The van der Waals surface area contributed by atoms with Crippen molar-refractivity contribution >= 4 is 23.2 Å². The van der Waals surface area contributed by atoms with Crippen LogP contribution in [-0.4, -0.2) is 26.2 Å². The normalized spacial score (nSPS) is 17.4. The van der Waals surface area contributed by atoms with Gasteiger partial charge in [-0.2, -0.15) is 5.10 Å². The summed E-state index contributed by atoms with van der Waals surface area (Å²) in [7, 11) is 0.